The quantitative estimate of drug-likeness (QED) is 0.672. The van der Waals surface area contributed by atoms with Gasteiger partial charge in [-0.05, 0) is 13.3 Å². The Kier molecular flexibility index (Phi) is 6.44. The summed E-state index contributed by atoms with van der Waals surface area (Å²) in [5.74, 6) is 1.73. The van der Waals surface area contributed by atoms with Crippen LogP contribution in [-0.4, -0.2) is 26.1 Å². The monoisotopic (exact) mass is 289 g/mol. The lowest BCUT2D eigenvalue weighted by atomic mass is 10.1. The molecule has 5 nitrogen and oxygen atoms in total. The van der Waals surface area contributed by atoms with Crippen molar-refractivity contribution < 1.29 is 0 Å². The summed E-state index contributed by atoms with van der Waals surface area (Å²) in [6, 6.07) is 0. The number of hydrogen-bond acceptors (Lipinski definition) is 4. The minimum Gasteiger partial charge on any atom is -0.367 e. The van der Waals surface area contributed by atoms with E-state index in [4.69, 9.17) is 0 Å². The van der Waals surface area contributed by atoms with E-state index in [-0.39, 0.29) is 0 Å². The number of aromatic nitrogens is 4. The zero-order valence-electron chi connectivity index (χ0n) is 13.3. The third-order valence-corrected chi connectivity index (χ3v) is 3.82. The summed E-state index contributed by atoms with van der Waals surface area (Å²) in [5, 5.41) is 11.6. The molecular weight excluding hydrogens is 262 g/mol. The molecule has 0 aliphatic heterocycles. The molecule has 0 unspecified atom stereocenters. The second-order valence-electron chi connectivity index (χ2n) is 5.62. The molecular formula is C16H27N5. The predicted molar refractivity (Wildman–Crippen MR) is 86.6 cm³/mol. The van der Waals surface area contributed by atoms with Gasteiger partial charge in [0.1, 0.15) is 5.82 Å². The molecule has 0 bridgehead atoms. The summed E-state index contributed by atoms with van der Waals surface area (Å²) in [5.41, 5.74) is 0.814. The maximum absolute atomic E-state index is 4.35. The van der Waals surface area contributed by atoms with Crippen molar-refractivity contribution in [1.29, 1.82) is 0 Å². The highest BCUT2D eigenvalue weighted by atomic mass is 15.3. The molecule has 0 radical (unpaired) electrons. The van der Waals surface area contributed by atoms with Crippen LogP contribution in [0.2, 0.25) is 0 Å². The molecule has 0 aliphatic rings. The zero-order valence-corrected chi connectivity index (χ0v) is 13.3. The molecule has 0 saturated heterocycles. The molecule has 0 saturated carbocycles. The normalized spacial score (nSPS) is 11.1. The van der Waals surface area contributed by atoms with E-state index >= 15 is 0 Å². The Balaban J connectivity index is 1.64. The van der Waals surface area contributed by atoms with Crippen LogP contribution in [-0.2, 0) is 0 Å². The maximum atomic E-state index is 4.35. The van der Waals surface area contributed by atoms with Crippen molar-refractivity contribution in [1.82, 2.24) is 19.6 Å². The smallest absolute Gasteiger partial charge is 0.203 e. The van der Waals surface area contributed by atoms with Crippen molar-refractivity contribution in [3.05, 3.63) is 18.2 Å². The van der Waals surface area contributed by atoms with Gasteiger partial charge in [0.25, 0.3) is 0 Å². The van der Waals surface area contributed by atoms with E-state index in [1.165, 1.54) is 51.4 Å². The fourth-order valence-corrected chi connectivity index (χ4v) is 2.53. The predicted octanol–water partition coefficient (Wildman–Crippen LogP) is 3.99. The van der Waals surface area contributed by atoms with Gasteiger partial charge in [-0.2, -0.15) is 0 Å². The van der Waals surface area contributed by atoms with Crippen LogP contribution in [0.3, 0.4) is 0 Å². The van der Waals surface area contributed by atoms with Gasteiger partial charge in [0.15, 0.2) is 5.82 Å². The molecule has 0 spiro atoms. The SMILES string of the molecule is CCCCCCCCCCNc1nccn2c(C)nnc12. The Hall–Kier alpha value is -1.65. The number of anilines is 1. The first-order chi connectivity index (χ1) is 10.3. The van der Waals surface area contributed by atoms with Crippen LogP contribution >= 0.6 is 0 Å². The van der Waals surface area contributed by atoms with Gasteiger partial charge in [-0.1, -0.05) is 51.9 Å². The minimum atomic E-state index is 0.814. The molecule has 0 amide bonds. The molecule has 21 heavy (non-hydrogen) atoms. The summed E-state index contributed by atoms with van der Waals surface area (Å²) < 4.78 is 1.96. The van der Waals surface area contributed by atoms with E-state index in [1.807, 2.05) is 17.5 Å². The van der Waals surface area contributed by atoms with Crippen molar-refractivity contribution in [2.45, 2.75) is 65.2 Å². The van der Waals surface area contributed by atoms with Gasteiger partial charge in [0.2, 0.25) is 5.65 Å². The molecule has 2 heterocycles. The topological polar surface area (TPSA) is 55.1 Å². The number of aryl methyl sites for hydroxylation is 1. The number of nitrogens with one attached hydrogen (secondary N) is 1. The minimum absolute atomic E-state index is 0.814. The number of rotatable bonds is 10. The Morgan fingerprint density at radius 1 is 1.00 bits per heavy atom. The van der Waals surface area contributed by atoms with Crippen molar-refractivity contribution in [2.75, 3.05) is 11.9 Å². The molecule has 2 aromatic rings. The molecule has 116 valence electrons. The first kappa shape index (κ1) is 15.7. The molecule has 1 N–H and O–H groups in total. The second-order valence-corrected chi connectivity index (χ2v) is 5.62. The second kappa shape index (κ2) is 8.60. The van der Waals surface area contributed by atoms with Crippen LogP contribution in [0.4, 0.5) is 5.82 Å². The molecule has 0 aliphatic carbocycles. The fraction of sp³-hybridized carbons (Fsp3) is 0.688. The van der Waals surface area contributed by atoms with Crippen molar-refractivity contribution >= 4 is 11.5 Å². The Bertz CT molecular complexity index is 534. The van der Waals surface area contributed by atoms with Crippen LogP contribution in [0, 0.1) is 6.92 Å². The highest BCUT2D eigenvalue weighted by Crippen LogP contribution is 2.13. The van der Waals surface area contributed by atoms with Gasteiger partial charge < -0.3 is 5.32 Å². The number of fused-ring (bicyclic) bond motifs is 1. The van der Waals surface area contributed by atoms with Crippen LogP contribution < -0.4 is 5.32 Å². The standard InChI is InChI=1S/C16H27N5/c1-3-4-5-6-7-8-9-10-11-17-15-16-20-19-14(2)21(16)13-12-18-15/h12-13H,3-11H2,1-2H3,(H,17,18). The van der Waals surface area contributed by atoms with E-state index in [0.717, 1.165) is 23.8 Å². The summed E-state index contributed by atoms with van der Waals surface area (Å²) in [6.45, 7) is 5.16. The van der Waals surface area contributed by atoms with Gasteiger partial charge in [-0.15, -0.1) is 10.2 Å². The average Bonchev–Trinajstić information content (AvgIpc) is 2.88. The fourth-order valence-electron chi connectivity index (χ4n) is 2.53. The lowest BCUT2D eigenvalue weighted by Gasteiger charge is -2.06. The van der Waals surface area contributed by atoms with Gasteiger partial charge in [-0.3, -0.25) is 4.40 Å². The first-order valence-electron chi connectivity index (χ1n) is 8.23. The number of unbranched alkanes of at least 4 members (excludes halogenated alkanes) is 7. The van der Waals surface area contributed by atoms with Gasteiger partial charge in [0.05, 0.1) is 0 Å². The van der Waals surface area contributed by atoms with Gasteiger partial charge >= 0.3 is 0 Å². The van der Waals surface area contributed by atoms with E-state index in [0.29, 0.717) is 0 Å². The van der Waals surface area contributed by atoms with Crippen LogP contribution in [0.1, 0.15) is 64.1 Å². The van der Waals surface area contributed by atoms with Crippen molar-refractivity contribution in [2.24, 2.45) is 0 Å². The van der Waals surface area contributed by atoms with E-state index in [2.05, 4.69) is 27.4 Å². The number of hydrogen-bond donors (Lipinski definition) is 1. The van der Waals surface area contributed by atoms with Crippen molar-refractivity contribution in [3.8, 4) is 0 Å². The summed E-state index contributed by atoms with van der Waals surface area (Å²) in [4.78, 5) is 4.35. The average molecular weight is 289 g/mol. The lowest BCUT2D eigenvalue weighted by molar-refractivity contribution is 0.581. The molecule has 5 heteroatoms. The maximum Gasteiger partial charge on any atom is 0.203 e. The van der Waals surface area contributed by atoms with Crippen molar-refractivity contribution in [3.63, 3.8) is 0 Å². The molecule has 0 atom stereocenters. The lowest BCUT2D eigenvalue weighted by Crippen LogP contribution is -2.05. The summed E-state index contributed by atoms with van der Waals surface area (Å²) in [7, 11) is 0. The molecule has 0 fully saturated rings. The highest BCUT2D eigenvalue weighted by Gasteiger charge is 2.06. The number of nitrogens with zero attached hydrogens (tertiary/aromatic N) is 4. The summed E-state index contributed by atoms with van der Waals surface area (Å²) in [6.07, 6.45) is 14.4. The van der Waals surface area contributed by atoms with E-state index in [9.17, 15) is 0 Å². The highest BCUT2D eigenvalue weighted by molar-refractivity contribution is 5.61. The van der Waals surface area contributed by atoms with Crippen LogP contribution in [0.25, 0.3) is 5.65 Å². The Morgan fingerprint density at radius 3 is 2.48 bits per heavy atom. The van der Waals surface area contributed by atoms with E-state index < -0.39 is 0 Å². The van der Waals surface area contributed by atoms with E-state index in [1.54, 1.807) is 6.20 Å². The van der Waals surface area contributed by atoms with Crippen LogP contribution in [0.15, 0.2) is 12.4 Å². The first-order valence-corrected chi connectivity index (χ1v) is 8.23. The molecule has 0 aromatic carbocycles. The largest absolute Gasteiger partial charge is 0.367 e. The van der Waals surface area contributed by atoms with Gasteiger partial charge in [0, 0.05) is 18.9 Å². The molecule has 2 aromatic heterocycles. The zero-order chi connectivity index (χ0) is 14.9. The third kappa shape index (κ3) is 4.69. The van der Waals surface area contributed by atoms with Crippen LogP contribution in [0.5, 0.6) is 0 Å². The Labute approximate surface area is 127 Å². The Morgan fingerprint density at radius 2 is 1.71 bits per heavy atom. The van der Waals surface area contributed by atoms with Gasteiger partial charge in [-0.25, -0.2) is 4.98 Å². The third-order valence-electron chi connectivity index (χ3n) is 3.82. The summed E-state index contributed by atoms with van der Waals surface area (Å²) >= 11 is 0. The molecule has 2 rings (SSSR count).